The van der Waals surface area contributed by atoms with E-state index >= 15 is 0 Å². The van der Waals surface area contributed by atoms with E-state index in [9.17, 15) is 4.79 Å². The Morgan fingerprint density at radius 1 is 1.41 bits per heavy atom. The summed E-state index contributed by atoms with van der Waals surface area (Å²) < 4.78 is 0. The molecule has 0 radical (unpaired) electrons. The van der Waals surface area contributed by atoms with Gasteiger partial charge in [-0.05, 0) is 30.5 Å². The van der Waals surface area contributed by atoms with Crippen molar-refractivity contribution in [3.8, 4) is 0 Å². The quantitative estimate of drug-likeness (QED) is 0.813. The Hall–Kier alpha value is -1.29. The van der Waals surface area contributed by atoms with E-state index in [0.29, 0.717) is 11.4 Å². The summed E-state index contributed by atoms with van der Waals surface area (Å²) in [5, 5.41) is 2.99. The Balaban J connectivity index is 2.50. The summed E-state index contributed by atoms with van der Waals surface area (Å²) in [6.45, 7) is 0. The summed E-state index contributed by atoms with van der Waals surface area (Å²) in [5.41, 5.74) is 0.349. The fourth-order valence-electron chi connectivity index (χ4n) is 2.55. The van der Waals surface area contributed by atoms with Gasteiger partial charge in [-0.2, -0.15) is 0 Å². The number of rotatable bonds is 2. The van der Waals surface area contributed by atoms with Crippen LogP contribution in [-0.2, 0) is 10.2 Å². The highest BCUT2D eigenvalue weighted by atomic mass is 32.1. The molecule has 1 atom stereocenters. The highest BCUT2D eigenvalue weighted by molar-refractivity contribution is 7.80. The van der Waals surface area contributed by atoms with Crippen LogP contribution in [0.15, 0.2) is 24.5 Å². The average molecular weight is 248 g/mol. The van der Waals surface area contributed by atoms with E-state index in [2.05, 4.69) is 10.3 Å². The fraction of sp³-hybridized carbons (Fsp3) is 0.462. The van der Waals surface area contributed by atoms with E-state index in [4.69, 9.17) is 12.2 Å². The Labute approximate surface area is 107 Å². The van der Waals surface area contributed by atoms with Crippen LogP contribution in [0.25, 0.3) is 0 Å². The molecule has 0 spiro atoms. The van der Waals surface area contributed by atoms with Crippen molar-refractivity contribution < 1.29 is 4.79 Å². The molecule has 0 aromatic carbocycles. The van der Waals surface area contributed by atoms with Crippen molar-refractivity contribution in [2.75, 3.05) is 7.05 Å². The van der Waals surface area contributed by atoms with Crippen molar-refractivity contribution in [1.29, 1.82) is 0 Å². The van der Waals surface area contributed by atoms with E-state index in [1.165, 1.54) is 0 Å². The summed E-state index contributed by atoms with van der Waals surface area (Å²) >= 11 is 5.39. The Morgan fingerprint density at radius 2 is 2.12 bits per heavy atom. The minimum Gasteiger partial charge on any atom is -0.382 e. The van der Waals surface area contributed by atoms with Gasteiger partial charge in [0.25, 0.3) is 0 Å². The molecule has 1 fully saturated rings. The van der Waals surface area contributed by atoms with Crippen molar-refractivity contribution in [2.24, 2.45) is 0 Å². The van der Waals surface area contributed by atoms with Crippen LogP contribution in [0.2, 0.25) is 0 Å². The molecule has 1 aliphatic carbocycles. The van der Waals surface area contributed by atoms with Gasteiger partial charge in [0.05, 0.1) is 4.99 Å². The van der Waals surface area contributed by atoms with Gasteiger partial charge in [0, 0.05) is 25.9 Å². The molecule has 1 aromatic heterocycles. The molecule has 90 valence electrons. The summed E-state index contributed by atoms with van der Waals surface area (Å²) in [6, 6.07) is 3.79. The van der Waals surface area contributed by atoms with Crippen LogP contribution in [0.3, 0.4) is 0 Å². The number of nitrogens with one attached hydrogen (secondary N) is 1. The van der Waals surface area contributed by atoms with Gasteiger partial charge in [0.15, 0.2) is 0 Å². The molecule has 17 heavy (non-hydrogen) atoms. The number of ketones is 1. The maximum Gasteiger partial charge on any atom is 0.150 e. The Bertz CT molecular complexity index is 422. The molecule has 1 N–H and O–H groups in total. The topological polar surface area (TPSA) is 42.0 Å². The second kappa shape index (κ2) is 4.92. The summed E-state index contributed by atoms with van der Waals surface area (Å²) in [5.74, 6) is 0.231. The lowest BCUT2D eigenvalue weighted by atomic mass is 9.68. The van der Waals surface area contributed by atoms with Crippen LogP contribution in [0.1, 0.15) is 31.2 Å². The maximum atomic E-state index is 12.4. The van der Waals surface area contributed by atoms with Crippen LogP contribution in [-0.4, -0.2) is 22.8 Å². The number of Topliss-reactive ketones (excluding diaryl/α,β-unsaturated/α-hetero) is 1. The van der Waals surface area contributed by atoms with Crippen LogP contribution >= 0.6 is 12.2 Å². The monoisotopic (exact) mass is 248 g/mol. The highest BCUT2D eigenvalue weighted by Crippen LogP contribution is 2.37. The summed E-state index contributed by atoms with van der Waals surface area (Å²) in [6.07, 6.45) is 6.86. The highest BCUT2D eigenvalue weighted by Gasteiger charge is 2.44. The number of thiocarbonyl (C=S) groups is 1. The number of likely N-dealkylation sites (N-methyl/N-ethyl adjacent to an activating group) is 1. The second-order valence-electron chi connectivity index (χ2n) is 4.35. The molecule has 1 aliphatic rings. The van der Waals surface area contributed by atoms with E-state index in [0.717, 1.165) is 24.8 Å². The molecule has 1 aromatic rings. The van der Waals surface area contributed by atoms with Gasteiger partial charge in [0.1, 0.15) is 11.2 Å². The minimum atomic E-state index is -0.620. The third-order valence-corrected chi connectivity index (χ3v) is 4.02. The lowest BCUT2D eigenvalue weighted by molar-refractivity contribution is -0.123. The molecule has 0 aliphatic heterocycles. The summed E-state index contributed by atoms with van der Waals surface area (Å²) in [4.78, 5) is 17.0. The Morgan fingerprint density at radius 3 is 2.71 bits per heavy atom. The number of pyridine rings is 1. The average Bonchev–Trinajstić information content (AvgIpc) is 2.39. The third-order valence-electron chi connectivity index (χ3n) is 3.47. The maximum absolute atomic E-state index is 12.4. The molecule has 0 bridgehead atoms. The first-order valence-corrected chi connectivity index (χ1v) is 6.28. The van der Waals surface area contributed by atoms with Crippen molar-refractivity contribution in [3.63, 3.8) is 0 Å². The third kappa shape index (κ3) is 1.97. The minimum absolute atomic E-state index is 0.231. The van der Waals surface area contributed by atoms with Gasteiger partial charge in [0.2, 0.25) is 0 Å². The van der Waals surface area contributed by atoms with Gasteiger partial charge < -0.3 is 5.32 Å². The molecule has 4 heteroatoms. The first-order chi connectivity index (χ1) is 8.21. The smallest absolute Gasteiger partial charge is 0.150 e. The van der Waals surface area contributed by atoms with Crippen molar-refractivity contribution in [3.05, 3.63) is 30.1 Å². The van der Waals surface area contributed by atoms with Crippen molar-refractivity contribution >= 4 is 23.0 Å². The van der Waals surface area contributed by atoms with Crippen LogP contribution in [0, 0.1) is 0 Å². The van der Waals surface area contributed by atoms with Crippen molar-refractivity contribution in [1.82, 2.24) is 10.3 Å². The van der Waals surface area contributed by atoms with E-state index < -0.39 is 5.41 Å². The molecule has 1 saturated carbocycles. The molecule has 1 unspecified atom stereocenters. The van der Waals surface area contributed by atoms with Crippen molar-refractivity contribution in [2.45, 2.75) is 31.1 Å². The first kappa shape index (κ1) is 12.2. The zero-order chi connectivity index (χ0) is 12.3. The molecule has 2 rings (SSSR count). The summed E-state index contributed by atoms with van der Waals surface area (Å²) in [7, 11) is 1.78. The zero-order valence-electron chi connectivity index (χ0n) is 9.90. The lowest BCUT2D eigenvalue weighted by Crippen LogP contribution is -2.49. The lowest BCUT2D eigenvalue weighted by Gasteiger charge is -2.36. The van der Waals surface area contributed by atoms with Crippen LogP contribution < -0.4 is 5.32 Å². The predicted molar refractivity (Wildman–Crippen MR) is 71.0 cm³/mol. The number of aromatic nitrogens is 1. The van der Waals surface area contributed by atoms with Gasteiger partial charge >= 0.3 is 0 Å². The van der Waals surface area contributed by atoms with E-state index in [1.54, 1.807) is 19.4 Å². The molecular weight excluding hydrogens is 232 g/mol. The standard InChI is InChI=1S/C13H16N2OS/c1-14-12(17)13(7-3-2-4-11(13)16)10-5-8-15-9-6-10/h5-6,8-9H,2-4,7H2,1H3,(H,14,17). The van der Waals surface area contributed by atoms with Gasteiger partial charge in [-0.3, -0.25) is 9.78 Å². The number of hydrogen-bond acceptors (Lipinski definition) is 3. The SMILES string of the molecule is CNC(=S)C1(c2ccncc2)CCCCC1=O. The number of carbonyl (C=O) groups excluding carboxylic acids is 1. The van der Waals surface area contributed by atoms with Gasteiger partial charge in [-0.15, -0.1) is 0 Å². The largest absolute Gasteiger partial charge is 0.382 e. The number of nitrogens with zero attached hydrogens (tertiary/aromatic N) is 1. The number of carbonyl (C=O) groups is 1. The van der Waals surface area contributed by atoms with Crippen LogP contribution in [0.4, 0.5) is 0 Å². The second-order valence-corrected chi connectivity index (χ2v) is 4.76. The zero-order valence-corrected chi connectivity index (χ0v) is 10.7. The van der Waals surface area contributed by atoms with Gasteiger partial charge in [-0.1, -0.05) is 18.6 Å². The molecule has 1 heterocycles. The predicted octanol–water partition coefficient (Wildman–Crippen LogP) is 2.01. The Kier molecular flexibility index (Phi) is 3.52. The number of hydrogen-bond donors (Lipinski definition) is 1. The molecular formula is C13H16N2OS. The van der Waals surface area contributed by atoms with E-state index in [-0.39, 0.29) is 5.78 Å². The van der Waals surface area contributed by atoms with Crippen LogP contribution in [0.5, 0.6) is 0 Å². The van der Waals surface area contributed by atoms with E-state index in [1.807, 2.05) is 12.1 Å². The normalized spacial score (nSPS) is 24.4. The molecule has 0 amide bonds. The fourth-order valence-corrected chi connectivity index (χ4v) is 2.89. The molecule has 3 nitrogen and oxygen atoms in total. The molecule has 0 saturated heterocycles. The first-order valence-electron chi connectivity index (χ1n) is 5.88. The van der Waals surface area contributed by atoms with Gasteiger partial charge in [-0.25, -0.2) is 0 Å².